The molecule has 0 amide bonds. The Bertz CT molecular complexity index is 1470. The van der Waals surface area contributed by atoms with Crippen LogP contribution in [0.5, 0.6) is 0 Å². The summed E-state index contributed by atoms with van der Waals surface area (Å²) in [7, 11) is 2.15. The van der Waals surface area contributed by atoms with Crippen LogP contribution in [0, 0.1) is 0 Å². The SMILES string of the molecule is Cn1c2ccccc2c2cc3c(cc21)c1ccccc1n3-c1ccncc1. The molecule has 128 valence electrons. The van der Waals surface area contributed by atoms with Crippen molar-refractivity contribution in [2.24, 2.45) is 7.05 Å². The molecule has 0 fully saturated rings. The maximum Gasteiger partial charge on any atom is 0.0548 e. The van der Waals surface area contributed by atoms with E-state index in [-0.39, 0.29) is 0 Å². The number of rotatable bonds is 1. The standard InChI is InChI=1S/C24H17N3/c1-26-21-8-4-2-6-17(21)19-15-24-20(14-23(19)26)18-7-3-5-9-22(18)27(24)16-10-12-25-13-11-16/h2-15H,1H3. The zero-order valence-corrected chi connectivity index (χ0v) is 14.9. The molecule has 0 N–H and O–H groups in total. The minimum Gasteiger partial charge on any atom is -0.344 e. The first-order valence-electron chi connectivity index (χ1n) is 9.14. The van der Waals surface area contributed by atoms with Crippen LogP contribution in [-0.2, 0) is 7.05 Å². The first-order valence-corrected chi connectivity index (χ1v) is 9.14. The van der Waals surface area contributed by atoms with Crippen LogP contribution in [0.1, 0.15) is 0 Å². The second kappa shape index (κ2) is 5.21. The molecule has 3 heteroatoms. The van der Waals surface area contributed by atoms with Crippen LogP contribution in [0.2, 0.25) is 0 Å². The van der Waals surface area contributed by atoms with E-state index in [9.17, 15) is 0 Å². The normalized spacial score (nSPS) is 11.9. The highest BCUT2D eigenvalue weighted by Crippen LogP contribution is 2.37. The predicted molar refractivity (Wildman–Crippen MR) is 113 cm³/mol. The van der Waals surface area contributed by atoms with Crippen LogP contribution in [0.3, 0.4) is 0 Å². The lowest BCUT2D eigenvalue weighted by atomic mass is 10.1. The van der Waals surface area contributed by atoms with Crippen molar-refractivity contribution in [3.63, 3.8) is 0 Å². The number of hydrogen-bond acceptors (Lipinski definition) is 1. The van der Waals surface area contributed by atoms with Crippen molar-refractivity contribution < 1.29 is 0 Å². The Morgan fingerprint density at radius 2 is 1.19 bits per heavy atom. The second-order valence-electron chi connectivity index (χ2n) is 7.02. The highest BCUT2D eigenvalue weighted by molar-refractivity contribution is 6.18. The highest BCUT2D eigenvalue weighted by Gasteiger charge is 2.16. The minimum atomic E-state index is 1.13. The van der Waals surface area contributed by atoms with Gasteiger partial charge in [-0.2, -0.15) is 0 Å². The van der Waals surface area contributed by atoms with Gasteiger partial charge in [0.05, 0.1) is 11.0 Å². The molecule has 27 heavy (non-hydrogen) atoms. The number of aromatic nitrogens is 3. The molecule has 0 atom stereocenters. The summed E-state index contributed by atoms with van der Waals surface area (Å²) in [6.07, 6.45) is 3.71. The quantitative estimate of drug-likeness (QED) is 0.367. The van der Waals surface area contributed by atoms with Crippen molar-refractivity contribution >= 4 is 43.6 Å². The van der Waals surface area contributed by atoms with Crippen molar-refractivity contribution in [3.05, 3.63) is 85.2 Å². The Hall–Kier alpha value is -3.59. The molecule has 0 spiro atoms. The molecule has 6 rings (SSSR count). The lowest BCUT2D eigenvalue weighted by molar-refractivity contribution is 1.02. The number of benzene rings is 3. The Balaban J connectivity index is 1.88. The molecule has 0 bridgehead atoms. The van der Waals surface area contributed by atoms with Crippen LogP contribution >= 0.6 is 0 Å². The van der Waals surface area contributed by atoms with Gasteiger partial charge in [-0.25, -0.2) is 0 Å². The first kappa shape index (κ1) is 14.6. The van der Waals surface area contributed by atoms with Crippen molar-refractivity contribution in [2.45, 2.75) is 0 Å². The molecular formula is C24H17N3. The lowest BCUT2D eigenvalue weighted by Gasteiger charge is -2.07. The number of para-hydroxylation sites is 2. The van der Waals surface area contributed by atoms with Gasteiger partial charge in [0.25, 0.3) is 0 Å². The molecule has 0 unspecified atom stereocenters. The Morgan fingerprint density at radius 1 is 0.593 bits per heavy atom. The van der Waals surface area contributed by atoms with Gasteiger partial charge in [0.15, 0.2) is 0 Å². The van der Waals surface area contributed by atoms with Crippen LogP contribution < -0.4 is 0 Å². The fraction of sp³-hybridized carbons (Fsp3) is 0.0417. The summed E-state index contributed by atoms with van der Waals surface area (Å²) in [5.74, 6) is 0. The average molecular weight is 347 g/mol. The van der Waals surface area contributed by atoms with Gasteiger partial charge >= 0.3 is 0 Å². The number of fused-ring (bicyclic) bond motifs is 6. The molecule has 3 aromatic heterocycles. The first-order chi connectivity index (χ1) is 13.3. The summed E-state index contributed by atoms with van der Waals surface area (Å²) < 4.78 is 4.64. The van der Waals surface area contributed by atoms with Crippen molar-refractivity contribution in [2.75, 3.05) is 0 Å². The highest BCUT2D eigenvalue weighted by atomic mass is 15.0. The molecule has 0 saturated heterocycles. The van der Waals surface area contributed by atoms with E-state index < -0.39 is 0 Å². The largest absolute Gasteiger partial charge is 0.344 e. The number of nitrogens with zero attached hydrogens (tertiary/aromatic N) is 3. The zero-order valence-electron chi connectivity index (χ0n) is 14.9. The molecule has 0 aliphatic heterocycles. The second-order valence-corrected chi connectivity index (χ2v) is 7.02. The van der Waals surface area contributed by atoms with E-state index in [1.807, 2.05) is 12.4 Å². The number of hydrogen-bond donors (Lipinski definition) is 0. The van der Waals surface area contributed by atoms with Crippen molar-refractivity contribution in [1.29, 1.82) is 0 Å². The van der Waals surface area contributed by atoms with Gasteiger partial charge in [-0.05, 0) is 36.4 Å². The Morgan fingerprint density at radius 3 is 1.96 bits per heavy atom. The third-order valence-corrected chi connectivity index (χ3v) is 5.63. The van der Waals surface area contributed by atoms with Gasteiger partial charge in [-0.1, -0.05) is 36.4 Å². The van der Waals surface area contributed by atoms with E-state index in [0.717, 1.165) is 5.69 Å². The summed E-state index contributed by atoms with van der Waals surface area (Å²) in [5.41, 5.74) is 6.11. The summed E-state index contributed by atoms with van der Waals surface area (Å²) in [6.45, 7) is 0. The zero-order chi connectivity index (χ0) is 18.0. The monoisotopic (exact) mass is 347 g/mol. The van der Waals surface area contributed by atoms with Gasteiger partial charge in [0.1, 0.15) is 0 Å². The Kier molecular flexibility index (Phi) is 2.81. The van der Waals surface area contributed by atoms with Gasteiger partial charge < -0.3 is 9.13 Å². The third kappa shape index (κ3) is 1.88. The van der Waals surface area contributed by atoms with Crippen LogP contribution in [0.15, 0.2) is 85.2 Å². The van der Waals surface area contributed by atoms with E-state index in [2.05, 4.69) is 94.0 Å². The van der Waals surface area contributed by atoms with Gasteiger partial charge in [-0.3, -0.25) is 4.98 Å². The fourth-order valence-electron chi connectivity index (χ4n) is 4.39. The fourth-order valence-corrected chi connectivity index (χ4v) is 4.39. The maximum absolute atomic E-state index is 4.19. The van der Waals surface area contributed by atoms with Crippen LogP contribution in [-0.4, -0.2) is 14.1 Å². The smallest absolute Gasteiger partial charge is 0.0548 e. The average Bonchev–Trinajstić information content (AvgIpc) is 3.20. The molecule has 6 aromatic rings. The van der Waals surface area contributed by atoms with Gasteiger partial charge in [-0.15, -0.1) is 0 Å². The third-order valence-electron chi connectivity index (χ3n) is 5.63. The number of aryl methyl sites for hydroxylation is 1. The van der Waals surface area contributed by atoms with Gasteiger partial charge in [0, 0.05) is 57.7 Å². The van der Waals surface area contributed by atoms with E-state index in [4.69, 9.17) is 0 Å². The molecule has 0 aliphatic carbocycles. The molecule has 0 radical (unpaired) electrons. The van der Waals surface area contributed by atoms with E-state index in [1.54, 1.807) is 0 Å². The van der Waals surface area contributed by atoms with Crippen molar-refractivity contribution in [3.8, 4) is 5.69 Å². The van der Waals surface area contributed by atoms with Crippen LogP contribution in [0.4, 0.5) is 0 Å². The molecule has 3 heterocycles. The molecule has 0 aliphatic rings. The molecule has 3 aromatic carbocycles. The summed E-state index contributed by atoms with van der Waals surface area (Å²) in [4.78, 5) is 4.19. The number of pyridine rings is 1. The van der Waals surface area contributed by atoms with Gasteiger partial charge in [0.2, 0.25) is 0 Å². The lowest BCUT2D eigenvalue weighted by Crippen LogP contribution is -1.93. The summed E-state index contributed by atoms with van der Waals surface area (Å²) in [5, 5.41) is 5.14. The topological polar surface area (TPSA) is 22.8 Å². The predicted octanol–water partition coefficient (Wildman–Crippen LogP) is 5.82. The maximum atomic E-state index is 4.19. The van der Waals surface area contributed by atoms with E-state index >= 15 is 0 Å². The van der Waals surface area contributed by atoms with E-state index in [0.29, 0.717) is 0 Å². The summed E-state index contributed by atoms with van der Waals surface area (Å²) >= 11 is 0. The molecule has 3 nitrogen and oxygen atoms in total. The van der Waals surface area contributed by atoms with Crippen LogP contribution in [0.25, 0.3) is 49.3 Å². The van der Waals surface area contributed by atoms with Crippen molar-refractivity contribution in [1.82, 2.24) is 14.1 Å². The minimum absolute atomic E-state index is 1.13. The van der Waals surface area contributed by atoms with E-state index in [1.165, 1.54) is 43.6 Å². The Labute approximate surface area is 156 Å². The summed E-state index contributed by atoms with van der Waals surface area (Å²) in [6, 6.07) is 26.1. The molecular weight excluding hydrogens is 330 g/mol. The molecule has 0 saturated carbocycles.